The van der Waals surface area contributed by atoms with Gasteiger partial charge in [0.05, 0.1) is 16.4 Å². The first kappa shape index (κ1) is 22.8. The van der Waals surface area contributed by atoms with Gasteiger partial charge in [-0.05, 0) is 54.6 Å². The highest BCUT2D eigenvalue weighted by Gasteiger charge is 2.27. The molecule has 0 unspecified atom stereocenters. The van der Waals surface area contributed by atoms with Gasteiger partial charge in [-0.2, -0.15) is 5.10 Å². The van der Waals surface area contributed by atoms with Crippen LogP contribution in [0.1, 0.15) is 10.5 Å². The van der Waals surface area contributed by atoms with Gasteiger partial charge < -0.3 is 9.80 Å². The Bertz CT molecular complexity index is 1330. The molecule has 5 rings (SSSR count). The topological polar surface area (TPSA) is 41.4 Å². The Morgan fingerprint density at radius 1 is 0.735 bits per heavy atom. The van der Waals surface area contributed by atoms with E-state index in [0.717, 1.165) is 30.0 Å². The van der Waals surface area contributed by atoms with Gasteiger partial charge in [0.15, 0.2) is 0 Å². The molecule has 5 nitrogen and oxygen atoms in total. The van der Waals surface area contributed by atoms with Crippen LogP contribution in [0.15, 0.2) is 78.9 Å². The maximum Gasteiger partial charge on any atom is 0.272 e. The summed E-state index contributed by atoms with van der Waals surface area (Å²) in [7, 11) is 0. The smallest absolute Gasteiger partial charge is 0.272 e. The fourth-order valence-corrected chi connectivity index (χ4v) is 4.66. The third-order valence-electron chi connectivity index (χ3n) is 5.89. The van der Waals surface area contributed by atoms with Crippen LogP contribution in [0.4, 0.5) is 5.69 Å². The number of aromatic nitrogens is 2. The van der Waals surface area contributed by atoms with E-state index in [9.17, 15) is 4.79 Å². The number of halogens is 3. The predicted octanol–water partition coefficient (Wildman–Crippen LogP) is 6.46. The molecule has 0 spiro atoms. The highest BCUT2D eigenvalue weighted by Crippen LogP contribution is 2.29. The highest BCUT2D eigenvalue weighted by molar-refractivity contribution is 6.33. The van der Waals surface area contributed by atoms with Crippen molar-refractivity contribution in [1.82, 2.24) is 14.7 Å². The molecule has 172 valence electrons. The lowest BCUT2D eigenvalue weighted by atomic mass is 10.1. The van der Waals surface area contributed by atoms with Crippen LogP contribution in [-0.2, 0) is 0 Å². The molecule has 1 aliphatic heterocycles. The van der Waals surface area contributed by atoms with Gasteiger partial charge in [0.25, 0.3) is 5.91 Å². The molecule has 0 N–H and O–H groups in total. The largest absolute Gasteiger partial charge is 0.368 e. The van der Waals surface area contributed by atoms with Gasteiger partial charge in [-0.15, -0.1) is 0 Å². The van der Waals surface area contributed by atoms with Crippen LogP contribution < -0.4 is 4.90 Å². The van der Waals surface area contributed by atoms with Crippen LogP contribution in [0, 0.1) is 0 Å². The summed E-state index contributed by atoms with van der Waals surface area (Å²) in [5.41, 5.74) is 3.71. The fourth-order valence-electron chi connectivity index (χ4n) is 4.12. The maximum atomic E-state index is 13.7. The van der Waals surface area contributed by atoms with Crippen molar-refractivity contribution < 1.29 is 4.79 Å². The summed E-state index contributed by atoms with van der Waals surface area (Å²) in [5, 5.41) is 6.65. The van der Waals surface area contributed by atoms with Gasteiger partial charge in [-0.3, -0.25) is 4.79 Å². The van der Waals surface area contributed by atoms with Gasteiger partial charge >= 0.3 is 0 Å². The van der Waals surface area contributed by atoms with Crippen LogP contribution in [0.25, 0.3) is 16.9 Å². The van der Waals surface area contributed by atoms with Crippen molar-refractivity contribution in [2.75, 3.05) is 31.1 Å². The second-order valence-corrected chi connectivity index (χ2v) is 9.32. The molecule has 4 aromatic rings. The first-order valence-electron chi connectivity index (χ1n) is 10.9. The van der Waals surface area contributed by atoms with E-state index in [-0.39, 0.29) is 5.91 Å². The minimum Gasteiger partial charge on any atom is -0.368 e. The van der Waals surface area contributed by atoms with Crippen molar-refractivity contribution in [3.05, 3.63) is 99.6 Å². The summed E-state index contributed by atoms with van der Waals surface area (Å²) < 4.78 is 1.67. The van der Waals surface area contributed by atoms with Gasteiger partial charge in [-0.25, -0.2) is 4.68 Å². The number of amides is 1. The summed E-state index contributed by atoms with van der Waals surface area (Å²) in [6.07, 6.45) is 0. The molecule has 1 aliphatic rings. The number of hydrogen-bond donors (Lipinski definition) is 0. The van der Waals surface area contributed by atoms with Crippen molar-refractivity contribution >= 4 is 46.4 Å². The molecular formula is C26H21Cl3N4O. The number of piperazine rings is 1. The zero-order valence-corrected chi connectivity index (χ0v) is 20.4. The van der Waals surface area contributed by atoms with Gasteiger partial charge in [0.1, 0.15) is 5.69 Å². The molecule has 0 atom stereocenters. The summed E-state index contributed by atoms with van der Waals surface area (Å²) in [4.78, 5) is 17.8. The van der Waals surface area contributed by atoms with Crippen LogP contribution in [0.5, 0.6) is 0 Å². The first-order valence-corrected chi connectivity index (χ1v) is 12.0. The molecule has 8 heteroatoms. The molecule has 3 aromatic carbocycles. The molecule has 2 heterocycles. The number of hydrogen-bond acceptors (Lipinski definition) is 3. The van der Waals surface area contributed by atoms with Crippen molar-refractivity contribution in [3.8, 4) is 16.9 Å². The second kappa shape index (κ2) is 9.71. The van der Waals surface area contributed by atoms with E-state index >= 15 is 0 Å². The molecule has 34 heavy (non-hydrogen) atoms. The van der Waals surface area contributed by atoms with Gasteiger partial charge in [-0.1, -0.05) is 59.1 Å². The Morgan fingerprint density at radius 2 is 1.47 bits per heavy atom. The highest BCUT2D eigenvalue weighted by atomic mass is 35.5. The van der Waals surface area contributed by atoms with Gasteiger partial charge in [0.2, 0.25) is 0 Å². The molecular weight excluding hydrogens is 491 g/mol. The van der Waals surface area contributed by atoms with Crippen LogP contribution in [-0.4, -0.2) is 46.8 Å². The van der Waals surface area contributed by atoms with E-state index < -0.39 is 0 Å². The molecule has 1 saturated heterocycles. The standard InChI is InChI=1S/C26H21Cl3N4O/c27-18-8-10-20(11-9-18)33-25(17-24(30-33)22-6-1-2-7-23(22)29)26(34)32-14-12-31(13-15-32)21-5-3-4-19(28)16-21/h1-11,16-17H,12-15H2. The van der Waals surface area contributed by atoms with Crippen LogP contribution >= 0.6 is 34.8 Å². The summed E-state index contributed by atoms with van der Waals surface area (Å²) >= 11 is 18.7. The summed E-state index contributed by atoms with van der Waals surface area (Å²) in [6, 6.07) is 24.3. The Balaban J connectivity index is 1.44. The van der Waals surface area contributed by atoms with E-state index in [2.05, 4.69) is 4.90 Å². The van der Waals surface area contributed by atoms with E-state index in [1.165, 1.54) is 0 Å². The van der Waals surface area contributed by atoms with E-state index in [1.807, 2.05) is 71.6 Å². The number of anilines is 1. The number of nitrogens with zero attached hydrogens (tertiary/aromatic N) is 4. The number of rotatable bonds is 4. The lowest BCUT2D eigenvalue weighted by Gasteiger charge is -2.36. The third-order valence-corrected chi connectivity index (χ3v) is 6.71. The monoisotopic (exact) mass is 510 g/mol. The molecule has 1 amide bonds. The normalized spacial score (nSPS) is 13.9. The van der Waals surface area contributed by atoms with E-state index in [0.29, 0.717) is 39.5 Å². The minimum absolute atomic E-state index is 0.0773. The Morgan fingerprint density at radius 3 is 2.18 bits per heavy atom. The Labute approximate surface area is 213 Å². The van der Waals surface area contributed by atoms with Gasteiger partial charge in [0, 0.05) is 47.5 Å². The molecule has 1 aromatic heterocycles. The van der Waals surface area contributed by atoms with Crippen molar-refractivity contribution in [3.63, 3.8) is 0 Å². The second-order valence-electron chi connectivity index (χ2n) is 8.04. The predicted molar refractivity (Wildman–Crippen MR) is 139 cm³/mol. The first-order chi connectivity index (χ1) is 16.5. The van der Waals surface area contributed by atoms with Crippen molar-refractivity contribution in [2.45, 2.75) is 0 Å². The molecule has 0 radical (unpaired) electrons. The minimum atomic E-state index is -0.0773. The number of carbonyl (C=O) groups excluding carboxylic acids is 1. The Kier molecular flexibility index (Phi) is 6.50. The van der Waals surface area contributed by atoms with Crippen LogP contribution in [0.2, 0.25) is 15.1 Å². The fraction of sp³-hybridized carbons (Fsp3) is 0.154. The lowest BCUT2D eigenvalue weighted by molar-refractivity contribution is 0.0737. The average Bonchev–Trinajstić information content (AvgIpc) is 3.29. The third kappa shape index (κ3) is 4.64. The van der Waals surface area contributed by atoms with Crippen molar-refractivity contribution in [2.24, 2.45) is 0 Å². The number of benzene rings is 3. The number of carbonyl (C=O) groups is 1. The lowest BCUT2D eigenvalue weighted by Crippen LogP contribution is -2.49. The molecule has 1 fully saturated rings. The van der Waals surface area contributed by atoms with E-state index in [4.69, 9.17) is 39.9 Å². The molecule has 0 bridgehead atoms. The van der Waals surface area contributed by atoms with Crippen LogP contribution in [0.3, 0.4) is 0 Å². The van der Waals surface area contributed by atoms with Crippen molar-refractivity contribution in [1.29, 1.82) is 0 Å². The molecule has 0 saturated carbocycles. The summed E-state index contributed by atoms with van der Waals surface area (Å²) in [6.45, 7) is 2.63. The zero-order chi connectivity index (χ0) is 23.7. The van der Waals surface area contributed by atoms with E-state index in [1.54, 1.807) is 16.8 Å². The zero-order valence-electron chi connectivity index (χ0n) is 18.2. The Hall–Kier alpha value is -2.99. The maximum absolute atomic E-state index is 13.7. The SMILES string of the molecule is O=C(c1cc(-c2ccccc2Cl)nn1-c1ccc(Cl)cc1)N1CCN(c2cccc(Cl)c2)CC1. The quantitative estimate of drug-likeness (QED) is 0.316. The summed E-state index contributed by atoms with van der Waals surface area (Å²) in [5.74, 6) is -0.0773. The molecule has 0 aliphatic carbocycles. The average molecular weight is 512 g/mol.